The Hall–Kier alpha value is -1.87. The Morgan fingerprint density at radius 3 is 2.64 bits per heavy atom. The molecule has 116 valence electrons. The van der Waals surface area contributed by atoms with E-state index in [1.807, 2.05) is 12.1 Å². The zero-order chi connectivity index (χ0) is 15.4. The topological polar surface area (TPSA) is 49.3 Å². The summed E-state index contributed by atoms with van der Waals surface area (Å²) < 4.78 is 0. The third-order valence-corrected chi connectivity index (χ3v) is 4.58. The first-order valence-electron chi connectivity index (χ1n) is 8.11. The summed E-state index contributed by atoms with van der Waals surface area (Å²) in [5.74, 6) is 0.0427. The van der Waals surface area contributed by atoms with Crippen molar-refractivity contribution in [3.05, 3.63) is 48.0 Å². The highest BCUT2D eigenvalue weighted by Crippen LogP contribution is 2.30. The Bertz CT molecular complexity index is 661. The summed E-state index contributed by atoms with van der Waals surface area (Å²) >= 11 is 0. The second-order valence-corrected chi connectivity index (χ2v) is 6.39. The molecule has 0 aliphatic heterocycles. The summed E-state index contributed by atoms with van der Waals surface area (Å²) in [5.41, 5.74) is 0.637. The normalized spacial score (nSPS) is 16.2. The maximum atomic E-state index is 11.8. The lowest BCUT2D eigenvalue weighted by Gasteiger charge is -2.36. The molecule has 1 aliphatic rings. The molecular formula is C19H23NO2. The van der Waals surface area contributed by atoms with Crippen LogP contribution in [0.3, 0.4) is 0 Å². The summed E-state index contributed by atoms with van der Waals surface area (Å²) in [4.78, 5) is 11.8. The third-order valence-electron chi connectivity index (χ3n) is 4.58. The number of carbonyl (C=O) groups excluding carboxylic acids is 1. The van der Waals surface area contributed by atoms with Gasteiger partial charge in [-0.05, 0) is 48.4 Å². The number of amides is 1. The minimum Gasteiger partial charge on any atom is -0.388 e. The van der Waals surface area contributed by atoms with Gasteiger partial charge in [-0.3, -0.25) is 4.79 Å². The maximum absolute atomic E-state index is 11.8. The number of nitrogens with one attached hydrogen (secondary N) is 1. The lowest BCUT2D eigenvalue weighted by Crippen LogP contribution is -2.47. The van der Waals surface area contributed by atoms with Crippen LogP contribution in [0.2, 0.25) is 0 Å². The van der Waals surface area contributed by atoms with Gasteiger partial charge >= 0.3 is 0 Å². The quantitative estimate of drug-likeness (QED) is 0.860. The molecule has 0 unspecified atom stereocenters. The average molecular weight is 297 g/mol. The van der Waals surface area contributed by atoms with Crippen LogP contribution in [0, 0.1) is 0 Å². The minimum atomic E-state index is -0.631. The number of rotatable bonds is 6. The average Bonchev–Trinajstić information content (AvgIpc) is 2.51. The van der Waals surface area contributed by atoms with Crippen molar-refractivity contribution < 1.29 is 9.90 Å². The van der Waals surface area contributed by atoms with Gasteiger partial charge in [0.1, 0.15) is 0 Å². The zero-order valence-corrected chi connectivity index (χ0v) is 12.8. The molecule has 3 rings (SSSR count). The van der Waals surface area contributed by atoms with E-state index in [0.29, 0.717) is 13.0 Å². The Morgan fingerprint density at radius 1 is 1.14 bits per heavy atom. The number of aryl methyl sites for hydroxylation is 1. The molecule has 3 heteroatoms. The fraction of sp³-hybridized carbons (Fsp3) is 0.421. The van der Waals surface area contributed by atoms with E-state index in [9.17, 15) is 9.90 Å². The summed E-state index contributed by atoms with van der Waals surface area (Å²) in [7, 11) is 0. The van der Waals surface area contributed by atoms with Gasteiger partial charge < -0.3 is 10.4 Å². The molecule has 0 atom stereocenters. The minimum absolute atomic E-state index is 0.0427. The molecule has 3 nitrogen and oxygen atoms in total. The Kier molecular flexibility index (Phi) is 4.44. The van der Waals surface area contributed by atoms with Gasteiger partial charge in [0.2, 0.25) is 5.91 Å². The van der Waals surface area contributed by atoms with Gasteiger partial charge in [0.25, 0.3) is 0 Å². The predicted molar refractivity (Wildman–Crippen MR) is 88.7 cm³/mol. The first-order valence-corrected chi connectivity index (χ1v) is 8.11. The molecule has 1 aliphatic carbocycles. The monoisotopic (exact) mass is 297 g/mol. The number of carbonyl (C=O) groups is 1. The van der Waals surface area contributed by atoms with E-state index in [1.165, 1.54) is 16.3 Å². The van der Waals surface area contributed by atoms with Crippen LogP contribution in [0.4, 0.5) is 0 Å². The van der Waals surface area contributed by atoms with Crippen LogP contribution in [-0.4, -0.2) is 23.2 Å². The lowest BCUT2D eigenvalue weighted by molar-refractivity contribution is -0.123. The van der Waals surface area contributed by atoms with Crippen molar-refractivity contribution in [1.29, 1.82) is 0 Å². The summed E-state index contributed by atoms with van der Waals surface area (Å²) in [6, 6.07) is 14.8. The predicted octanol–water partition coefficient (Wildman–Crippen LogP) is 3.19. The van der Waals surface area contributed by atoms with Gasteiger partial charge in [-0.2, -0.15) is 0 Å². The molecule has 2 N–H and O–H groups in total. The van der Waals surface area contributed by atoms with Crippen molar-refractivity contribution in [2.45, 2.75) is 44.1 Å². The van der Waals surface area contributed by atoms with Gasteiger partial charge in [0, 0.05) is 13.0 Å². The van der Waals surface area contributed by atoms with Crippen molar-refractivity contribution in [1.82, 2.24) is 5.32 Å². The van der Waals surface area contributed by atoms with E-state index in [1.54, 1.807) is 0 Å². The molecule has 1 fully saturated rings. The fourth-order valence-electron chi connectivity index (χ4n) is 2.96. The van der Waals surface area contributed by atoms with E-state index >= 15 is 0 Å². The summed E-state index contributed by atoms with van der Waals surface area (Å²) in [6.45, 7) is 0.405. The molecule has 0 aromatic heterocycles. The van der Waals surface area contributed by atoms with Crippen LogP contribution in [0.1, 0.15) is 37.7 Å². The van der Waals surface area contributed by atoms with E-state index in [0.717, 1.165) is 32.1 Å². The van der Waals surface area contributed by atoms with Crippen LogP contribution in [-0.2, 0) is 11.2 Å². The van der Waals surface area contributed by atoms with Gasteiger partial charge in [-0.25, -0.2) is 0 Å². The SMILES string of the molecule is O=C(CCCc1ccc2ccccc2c1)NCC1(O)CCC1. The zero-order valence-electron chi connectivity index (χ0n) is 12.8. The van der Waals surface area contributed by atoms with Gasteiger partial charge in [0.05, 0.1) is 5.60 Å². The van der Waals surface area contributed by atoms with E-state index in [4.69, 9.17) is 0 Å². The largest absolute Gasteiger partial charge is 0.388 e. The molecule has 1 saturated carbocycles. The standard InChI is InChI=1S/C19H23NO2/c21-18(20-14-19(22)11-4-12-19)8-3-5-15-9-10-16-6-1-2-7-17(16)13-15/h1-2,6-7,9-10,13,22H,3-5,8,11-12,14H2,(H,20,21). The Labute approximate surface area is 131 Å². The number of hydrogen-bond acceptors (Lipinski definition) is 2. The maximum Gasteiger partial charge on any atom is 0.220 e. The highest BCUT2D eigenvalue weighted by atomic mass is 16.3. The van der Waals surface area contributed by atoms with Crippen LogP contribution < -0.4 is 5.32 Å². The fourth-order valence-corrected chi connectivity index (χ4v) is 2.96. The van der Waals surface area contributed by atoms with Crippen molar-refractivity contribution in [3.63, 3.8) is 0 Å². The Balaban J connectivity index is 1.44. The first kappa shape index (κ1) is 15.0. The smallest absolute Gasteiger partial charge is 0.220 e. The molecule has 0 heterocycles. The van der Waals surface area contributed by atoms with Gasteiger partial charge in [0.15, 0.2) is 0 Å². The highest BCUT2D eigenvalue weighted by molar-refractivity contribution is 5.83. The van der Waals surface area contributed by atoms with Gasteiger partial charge in [-0.1, -0.05) is 42.5 Å². The van der Waals surface area contributed by atoms with Crippen LogP contribution in [0.15, 0.2) is 42.5 Å². The number of aliphatic hydroxyl groups is 1. The van der Waals surface area contributed by atoms with Crippen molar-refractivity contribution in [3.8, 4) is 0 Å². The Morgan fingerprint density at radius 2 is 1.91 bits per heavy atom. The third kappa shape index (κ3) is 3.66. The van der Waals surface area contributed by atoms with Crippen molar-refractivity contribution in [2.24, 2.45) is 0 Å². The van der Waals surface area contributed by atoms with Crippen molar-refractivity contribution in [2.75, 3.05) is 6.54 Å². The van der Waals surface area contributed by atoms with E-state index < -0.39 is 5.60 Å². The molecule has 2 aromatic rings. The molecule has 1 amide bonds. The van der Waals surface area contributed by atoms with Gasteiger partial charge in [-0.15, -0.1) is 0 Å². The number of benzene rings is 2. The van der Waals surface area contributed by atoms with Crippen molar-refractivity contribution >= 4 is 16.7 Å². The summed E-state index contributed by atoms with van der Waals surface area (Å²) in [6.07, 6.45) is 4.94. The number of hydrogen-bond donors (Lipinski definition) is 2. The molecule has 22 heavy (non-hydrogen) atoms. The van der Waals surface area contributed by atoms with Crippen LogP contribution >= 0.6 is 0 Å². The lowest BCUT2D eigenvalue weighted by atomic mass is 9.80. The molecule has 0 bridgehead atoms. The van der Waals surface area contributed by atoms with Crippen LogP contribution in [0.5, 0.6) is 0 Å². The highest BCUT2D eigenvalue weighted by Gasteiger charge is 2.34. The van der Waals surface area contributed by atoms with E-state index in [-0.39, 0.29) is 5.91 Å². The summed E-state index contributed by atoms with van der Waals surface area (Å²) in [5, 5.41) is 15.3. The number of fused-ring (bicyclic) bond motifs is 1. The molecule has 2 aromatic carbocycles. The second kappa shape index (κ2) is 6.49. The molecule has 0 radical (unpaired) electrons. The second-order valence-electron chi connectivity index (χ2n) is 6.39. The molecular weight excluding hydrogens is 274 g/mol. The molecule has 0 saturated heterocycles. The van der Waals surface area contributed by atoms with E-state index in [2.05, 4.69) is 35.6 Å². The van der Waals surface area contributed by atoms with Crippen LogP contribution in [0.25, 0.3) is 10.8 Å². The first-order chi connectivity index (χ1) is 10.6. The molecule has 0 spiro atoms.